The van der Waals surface area contributed by atoms with Crippen molar-refractivity contribution >= 4 is 11.8 Å². The van der Waals surface area contributed by atoms with Crippen LogP contribution >= 0.6 is 11.8 Å². The van der Waals surface area contributed by atoms with E-state index < -0.39 is 0 Å². The van der Waals surface area contributed by atoms with E-state index in [1.165, 1.54) is 63.8 Å². The zero-order chi connectivity index (χ0) is 10.1. The summed E-state index contributed by atoms with van der Waals surface area (Å²) in [4.78, 5) is 0. The summed E-state index contributed by atoms with van der Waals surface area (Å²) in [5.74, 6) is 2.34. The molecule has 0 aromatic heterocycles. The molecule has 0 saturated heterocycles. The minimum Gasteiger partial charge on any atom is -0.316 e. The fourth-order valence-electron chi connectivity index (χ4n) is 2.19. The normalized spacial score (nSPS) is 17.8. The SMILES string of the molecule is CSCCCCCNCC1CCCC1. The molecule has 0 heterocycles. The minimum absolute atomic E-state index is 1.00. The molecule has 1 aliphatic rings. The molecule has 14 heavy (non-hydrogen) atoms. The van der Waals surface area contributed by atoms with Gasteiger partial charge in [-0.25, -0.2) is 0 Å². The Bertz CT molecular complexity index is 121. The number of nitrogens with one attached hydrogen (secondary N) is 1. The number of thioether (sulfide) groups is 1. The van der Waals surface area contributed by atoms with Gasteiger partial charge in [-0.3, -0.25) is 0 Å². The molecule has 1 aliphatic carbocycles. The van der Waals surface area contributed by atoms with E-state index >= 15 is 0 Å². The van der Waals surface area contributed by atoms with Crippen LogP contribution in [0.25, 0.3) is 0 Å². The van der Waals surface area contributed by atoms with Gasteiger partial charge in [0.05, 0.1) is 0 Å². The van der Waals surface area contributed by atoms with Crippen LogP contribution in [0.3, 0.4) is 0 Å². The highest BCUT2D eigenvalue weighted by molar-refractivity contribution is 7.98. The predicted octanol–water partition coefficient (Wildman–Crippen LogP) is 3.30. The first-order valence-electron chi connectivity index (χ1n) is 6.13. The van der Waals surface area contributed by atoms with E-state index in [0.29, 0.717) is 0 Å². The predicted molar refractivity (Wildman–Crippen MR) is 67.1 cm³/mol. The van der Waals surface area contributed by atoms with Crippen molar-refractivity contribution in [2.24, 2.45) is 5.92 Å². The molecule has 0 spiro atoms. The molecule has 0 radical (unpaired) electrons. The van der Waals surface area contributed by atoms with Crippen molar-refractivity contribution in [1.82, 2.24) is 5.32 Å². The van der Waals surface area contributed by atoms with Crippen LogP contribution in [0, 0.1) is 5.92 Å². The van der Waals surface area contributed by atoms with Crippen LogP contribution < -0.4 is 5.32 Å². The summed E-state index contributed by atoms with van der Waals surface area (Å²) < 4.78 is 0. The molecule has 1 rings (SSSR count). The second kappa shape index (κ2) is 8.60. The van der Waals surface area contributed by atoms with Crippen LogP contribution in [0.2, 0.25) is 0 Å². The first-order valence-corrected chi connectivity index (χ1v) is 7.52. The molecule has 0 aromatic rings. The highest BCUT2D eigenvalue weighted by atomic mass is 32.2. The molecule has 0 bridgehead atoms. The van der Waals surface area contributed by atoms with Crippen molar-refractivity contribution in [2.75, 3.05) is 25.1 Å². The Morgan fingerprint density at radius 1 is 1.14 bits per heavy atom. The Hall–Kier alpha value is 0.310. The highest BCUT2D eigenvalue weighted by Gasteiger charge is 2.13. The third-order valence-corrected chi connectivity index (χ3v) is 3.81. The number of hydrogen-bond donors (Lipinski definition) is 1. The third kappa shape index (κ3) is 5.92. The monoisotopic (exact) mass is 215 g/mol. The molecule has 84 valence electrons. The molecular weight excluding hydrogens is 190 g/mol. The average Bonchev–Trinajstić information content (AvgIpc) is 2.69. The van der Waals surface area contributed by atoms with Crippen LogP contribution in [0.1, 0.15) is 44.9 Å². The lowest BCUT2D eigenvalue weighted by Crippen LogP contribution is -2.22. The summed E-state index contributed by atoms with van der Waals surface area (Å²) in [6.07, 6.45) is 12.2. The quantitative estimate of drug-likeness (QED) is 0.624. The van der Waals surface area contributed by atoms with E-state index in [4.69, 9.17) is 0 Å². The molecule has 1 saturated carbocycles. The number of rotatable bonds is 8. The fraction of sp³-hybridized carbons (Fsp3) is 1.00. The van der Waals surface area contributed by atoms with E-state index in [1.54, 1.807) is 0 Å². The van der Waals surface area contributed by atoms with Gasteiger partial charge >= 0.3 is 0 Å². The van der Waals surface area contributed by atoms with Gasteiger partial charge in [0.15, 0.2) is 0 Å². The lowest BCUT2D eigenvalue weighted by atomic mass is 10.1. The van der Waals surface area contributed by atoms with Gasteiger partial charge in [-0.2, -0.15) is 11.8 Å². The van der Waals surface area contributed by atoms with Gasteiger partial charge in [-0.15, -0.1) is 0 Å². The Morgan fingerprint density at radius 2 is 1.93 bits per heavy atom. The molecule has 0 aromatic carbocycles. The van der Waals surface area contributed by atoms with E-state index in [1.807, 2.05) is 11.8 Å². The van der Waals surface area contributed by atoms with Gasteiger partial charge in [0.1, 0.15) is 0 Å². The van der Waals surface area contributed by atoms with Crippen LogP contribution in [0.15, 0.2) is 0 Å². The van der Waals surface area contributed by atoms with Crippen molar-refractivity contribution in [3.63, 3.8) is 0 Å². The van der Waals surface area contributed by atoms with Gasteiger partial charge in [0, 0.05) is 0 Å². The van der Waals surface area contributed by atoms with Crippen molar-refractivity contribution in [2.45, 2.75) is 44.9 Å². The molecule has 0 atom stereocenters. The molecule has 1 N–H and O–H groups in total. The third-order valence-electron chi connectivity index (χ3n) is 3.11. The summed E-state index contributed by atoms with van der Waals surface area (Å²) in [5, 5.41) is 3.60. The Morgan fingerprint density at radius 3 is 2.64 bits per heavy atom. The maximum absolute atomic E-state index is 3.60. The molecular formula is C12H25NS. The maximum Gasteiger partial charge on any atom is -0.00205 e. The van der Waals surface area contributed by atoms with Crippen molar-refractivity contribution < 1.29 is 0 Å². The van der Waals surface area contributed by atoms with Gasteiger partial charge in [0.2, 0.25) is 0 Å². The molecule has 0 unspecified atom stereocenters. The lowest BCUT2D eigenvalue weighted by molar-refractivity contribution is 0.482. The zero-order valence-corrected chi connectivity index (χ0v) is 10.4. The summed E-state index contributed by atoms with van der Waals surface area (Å²) in [6, 6.07) is 0. The van der Waals surface area contributed by atoms with Gasteiger partial charge in [-0.05, 0) is 56.7 Å². The smallest absolute Gasteiger partial charge is 0.00205 e. The summed E-state index contributed by atoms with van der Waals surface area (Å²) in [5.41, 5.74) is 0. The molecule has 2 heteroatoms. The first kappa shape index (κ1) is 12.4. The lowest BCUT2D eigenvalue weighted by Gasteiger charge is -2.09. The fourth-order valence-corrected chi connectivity index (χ4v) is 2.69. The second-order valence-corrected chi connectivity index (χ2v) is 5.39. The van der Waals surface area contributed by atoms with Crippen LogP contribution in [0.5, 0.6) is 0 Å². The van der Waals surface area contributed by atoms with Crippen LogP contribution in [0.4, 0.5) is 0 Å². The molecule has 1 nitrogen and oxygen atoms in total. The van der Waals surface area contributed by atoms with E-state index in [2.05, 4.69) is 11.6 Å². The van der Waals surface area contributed by atoms with E-state index in [9.17, 15) is 0 Å². The topological polar surface area (TPSA) is 12.0 Å². The average molecular weight is 215 g/mol. The van der Waals surface area contributed by atoms with Crippen LogP contribution in [-0.2, 0) is 0 Å². The standard InChI is InChI=1S/C12H25NS/c1-14-10-6-2-5-9-13-11-12-7-3-4-8-12/h12-13H,2-11H2,1H3. The highest BCUT2D eigenvalue weighted by Crippen LogP contribution is 2.23. The summed E-state index contributed by atoms with van der Waals surface area (Å²) in [6.45, 7) is 2.52. The minimum atomic E-state index is 1.00. The zero-order valence-electron chi connectivity index (χ0n) is 9.56. The van der Waals surface area contributed by atoms with Gasteiger partial charge < -0.3 is 5.32 Å². The van der Waals surface area contributed by atoms with Crippen LogP contribution in [-0.4, -0.2) is 25.1 Å². The molecule has 0 amide bonds. The van der Waals surface area contributed by atoms with Crippen molar-refractivity contribution in [1.29, 1.82) is 0 Å². The Balaban J connectivity index is 1.75. The second-order valence-electron chi connectivity index (χ2n) is 4.41. The maximum atomic E-state index is 3.60. The number of hydrogen-bond acceptors (Lipinski definition) is 2. The van der Waals surface area contributed by atoms with Gasteiger partial charge in [0.25, 0.3) is 0 Å². The summed E-state index contributed by atoms with van der Waals surface area (Å²) in [7, 11) is 0. The Labute approximate surface area is 93.4 Å². The Kier molecular flexibility index (Phi) is 7.61. The van der Waals surface area contributed by atoms with E-state index in [-0.39, 0.29) is 0 Å². The van der Waals surface area contributed by atoms with Crippen molar-refractivity contribution in [3.8, 4) is 0 Å². The van der Waals surface area contributed by atoms with Gasteiger partial charge in [-0.1, -0.05) is 19.3 Å². The number of unbranched alkanes of at least 4 members (excludes halogenated alkanes) is 2. The first-order chi connectivity index (χ1) is 6.93. The van der Waals surface area contributed by atoms with Crippen molar-refractivity contribution in [3.05, 3.63) is 0 Å². The summed E-state index contributed by atoms with van der Waals surface area (Å²) >= 11 is 1.97. The molecule has 0 aliphatic heterocycles. The largest absolute Gasteiger partial charge is 0.316 e. The molecule has 1 fully saturated rings. The van der Waals surface area contributed by atoms with E-state index in [0.717, 1.165) is 5.92 Å².